The minimum absolute atomic E-state index is 0.933. The molecule has 9 rings (SSSR count). The van der Waals surface area contributed by atoms with Gasteiger partial charge < -0.3 is 0 Å². The fourth-order valence-electron chi connectivity index (χ4n) is 6.33. The van der Waals surface area contributed by atoms with Crippen molar-refractivity contribution in [3.8, 4) is 28.2 Å². The van der Waals surface area contributed by atoms with Crippen LogP contribution < -0.4 is 0 Å². The van der Waals surface area contributed by atoms with Crippen molar-refractivity contribution < 1.29 is 0 Å². The molecule has 0 aliphatic carbocycles. The number of aromatic nitrogens is 2. The lowest BCUT2D eigenvalue weighted by molar-refractivity contribution is 1.08. The summed E-state index contributed by atoms with van der Waals surface area (Å²) in [5, 5.41) is 7.75. The molecule has 0 spiro atoms. The van der Waals surface area contributed by atoms with Crippen LogP contribution >= 0.6 is 11.3 Å². The summed E-state index contributed by atoms with van der Waals surface area (Å²) in [6.45, 7) is 0. The summed E-state index contributed by atoms with van der Waals surface area (Å²) in [7, 11) is 0. The predicted octanol–water partition coefficient (Wildman–Crippen LogP) is 10.5. The van der Waals surface area contributed by atoms with E-state index in [4.69, 9.17) is 4.98 Å². The topological polar surface area (TPSA) is 17.8 Å². The molecule has 3 heteroatoms. The molecule has 0 bridgehead atoms. The maximum absolute atomic E-state index is 5.18. The number of nitrogens with zero attached hydrogens (tertiary/aromatic N) is 2. The van der Waals surface area contributed by atoms with E-state index in [0.29, 0.717) is 0 Å². The minimum Gasteiger partial charge on any atom is -0.294 e. The van der Waals surface area contributed by atoms with Gasteiger partial charge in [-0.3, -0.25) is 4.57 Å². The Morgan fingerprint density at radius 3 is 2.23 bits per heavy atom. The lowest BCUT2D eigenvalue weighted by Crippen LogP contribution is -1.98. The lowest BCUT2D eigenvalue weighted by Gasteiger charge is -2.11. The largest absolute Gasteiger partial charge is 0.294 e. The Balaban J connectivity index is 1.34. The molecule has 0 unspecified atom stereocenters. The monoisotopic (exact) mass is 526 g/mol. The van der Waals surface area contributed by atoms with E-state index in [2.05, 4.69) is 132 Å². The SMILES string of the molecule is c1ccc(-c2cccc(-n3c4cccc5ccc6cc(-c7ccc8sc9ccccc9c8c7)cc3c6c54)n2)cc1. The summed E-state index contributed by atoms with van der Waals surface area (Å²) < 4.78 is 5.01. The van der Waals surface area contributed by atoms with Crippen LogP contribution in [0.5, 0.6) is 0 Å². The van der Waals surface area contributed by atoms with Crippen LogP contribution in [0.15, 0.2) is 133 Å². The second kappa shape index (κ2) is 8.25. The second-order valence-corrected chi connectivity index (χ2v) is 11.5. The molecule has 186 valence electrons. The molecule has 0 aliphatic heterocycles. The highest BCUT2D eigenvalue weighted by Gasteiger charge is 2.19. The van der Waals surface area contributed by atoms with Crippen molar-refractivity contribution in [1.82, 2.24) is 9.55 Å². The first kappa shape index (κ1) is 21.9. The number of pyridine rings is 1. The Hall–Kier alpha value is -4.99. The van der Waals surface area contributed by atoms with Gasteiger partial charge in [0.25, 0.3) is 0 Å². The van der Waals surface area contributed by atoms with Crippen molar-refractivity contribution >= 4 is 64.1 Å². The van der Waals surface area contributed by atoms with E-state index in [1.54, 1.807) is 0 Å². The molecule has 0 radical (unpaired) electrons. The zero-order valence-corrected chi connectivity index (χ0v) is 22.3. The first-order chi connectivity index (χ1) is 19.8. The van der Waals surface area contributed by atoms with Crippen molar-refractivity contribution in [3.63, 3.8) is 0 Å². The van der Waals surface area contributed by atoms with Crippen molar-refractivity contribution in [2.75, 3.05) is 0 Å². The predicted molar refractivity (Wildman–Crippen MR) is 171 cm³/mol. The molecule has 40 heavy (non-hydrogen) atoms. The van der Waals surface area contributed by atoms with Gasteiger partial charge in [-0.1, -0.05) is 84.9 Å². The standard InChI is InChI=1S/C37H22N2S/c1-2-8-23(9-3-1)30-12-7-15-35(38-30)39-31-13-6-10-24-16-17-26-20-27(22-32(39)37(26)36(24)31)25-18-19-34-29(21-25)28-11-4-5-14-33(28)40-34/h1-22H. The Morgan fingerprint density at radius 1 is 0.475 bits per heavy atom. The van der Waals surface area contributed by atoms with Gasteiger partial charge in [-0.2, -0.15) is 0 Å². The zero-order valence-electron chi connectivity index (χ0n) is 21.5. The second-order valence-electron chi connectivity index (χ2n) is 10.4. The third kappa shape index (κ3) is 3.13. The average molecular weight is 527 g/mol. The third-order valence-electron chi connectivity index (χ3n) is 8.14. The lowest BCUT2D eigenvalue weighted by atomic mass is 9.96. The number of hydrogen-bond acceptors (Lipinski definition) is 2. The molecule has 0 atom stereocenters. The van der Waals surface area contributed by atoms with Crippen LogP contribution in [-0.4, -0.2) is 9.55 Å². The maximum Gasteiger partial charge on any atom is 0.138 e. The molecule has 0 amide bonds. The molecule has 0 saturated heterocycles. The molecule has 3 aromatic heterocycles. The van der Waals surface area contributed by atoms with E-state index in [9.17, 15) is 0 Å². The fraction of sp³-hybridized carbons (Fsp3) is 0. The smallest absolute Gasteiger partial charge is 0.138 e. The minimum atomic E-state index is 0.933. The quantitative estimate of drug-likeness (QED) is 0.209. The van der Waals surface area contributed by atoms with E-state index in [1.165, 1.54) is 63.9 Å². The zero-order chi connectivity index (χ0) is 26.2. The highest BCUT2D eigenvalue weighted by atomic mass is 32.1. The number of thiophene rings is 1. The summed E-state index contributed by atoms with van der Waals surface area (Å²) in [5.41, 5.74) is 6.92. The normalized spacial score (nSPS) is 12.0. The molecule has 3 heterocycles. The number of hydrogen-bond donors (Lipinski definition) is 0. The van der Waals surface area contributed by atoms with Crippen molar-refractivity contribution in [3.05, 3.63) is 133 Å². The van der Waals surface area contributed by atoms with E-state index >= 15 is 0 Å². The van der Waals surface area contributed by atoms with Crippen molar-refractivity contribution in [1.29, 1.82) is 0 Å². The van der Waals surface area contributed by atoms with Gasteiger partial charge in [-0.25, -0.2) is 4.98 Å². The van der Waals surface area contributed by atoms with Crippen LogP contribution in [0.4, 0.5) is 0 Å². The van der Waals surface area contributed by atoms with Crippen LogP contribution in [-0.2, 0) is 0 Å². The van der Waals surface area contributed by atoms with E-state index in [-0.39, 0.29) is 0 Å². The average Bonchev–Trinajstić information content (AvgIpc) is 3.56. The summed E-state index contributed by atoms with van der Waals surface area (Å²) in [6, 6.07) is 48.2. The van der Waals surface area contributed by atoms with Crippen molar-refractivity contribution in [2.45, 2.75) is 0 Å². The molecular weight excluding hydrogens is 504 g/mol. The number of fused-ring (bicyclic) bond motifs is 3. The highest BCUT2D eigenvalue weighted by Crippen LogP contribution is 2.42. The maximum atomic E-state index is 5.18. The van der Waals surface area contributed by atoms with Crippen LogP contribution in [0, 0.1) is 0 Å². The van der Waals surface area contributed by atoms with Gasteiger partial charge in [-0.05, 0) is 70.4 Å². The van der Waals surface area contributed by atoms with Gasteiger partial charge >= 0.3 is 0 Å². The van der Waals surface area contributed by atoms with Gasteiger partial charge in [0.05, 0.1) is 16.7 Å². The third-order valence-corrected chi connectivity index (χ3v) is 9.29. The summed E-state index contributed by atoms with van der Waals surface area (Å²) in [6.07, 6.45) is 0. The molecule has 0 aliphatic rings. The van der Waals surface area contributed by atoms with Crippen LogP contribution in [0.2, 0.25) is 0 Å². The summed E-state index contributed by atoms with van der Waals surface area (Å²) >= 11 is 1.86. The van der Waals surface area contributed by atoms with Crippen LogP contribution in [0.3, 0.4) is 0 Å². The van der Waals surface area contributed by atoms with Gasteiger partial charge in [0.2, 0.25) is 0 Å². The molecule has 2 nitrogen and oxygen atoms in total. The van der Waals surface area contributed by atoms with Gasteiger partial charge in [0, 0.05) is 36.5 Å². The fourth-order valence-corrected chi connectivity index (χ4v) is 7.42. The highest BCUT2D eigenvalue weighted by molar-refractivity contribution is 7.25. The van der Waals surface area contributed by atoms with Gasteiger partial charge in [0.15, 0.2) is 0 Å². The Kier molecular flexibility index (Phi) is 4.52. The molecule has 6 aromatic carbocycles. The Bertz CT molecular complexity index is 2380. The number of rotatable bonds is 3. The van der Waals surface area contributed by atoms with Gasteiger partial charge in [0.1, 0.15) is 5.82 Å². The van der Waals surface area contributed by atoms with E-state index < -0.39 is 0 Å². The molecular formula is C37H22N2S. The van der Waals surface area contributed by atoms with Crippen LogP contribution in [0.1, 0.15) is 0 Å². The summed E-state index contributed by atoms with van der Waals surface area (Å²) in [4.78, 5) is 5.18. The summed E-state index contributed by atoms with van der Waals surface area (Å²) in [5.74, 6) is 0.933. The Labute approximate surface area is 234 Å². The van der Waals surface area contributed by atoms with Gasteiger partial charge in [-0.15, -0.1) is 11.3 Å². The molecule has 0 N–H and O–H groups in total. The van der Waals surface area contributed by atoms with E-state index in [1.807, 2.05) is 17.4 Å². The molecule has 0 fully saturated rings. The van der Waals surface area contributed by atoms with E-state index in [0.717, 1.165) is 17.1 Å². The van der Waals surface area contributed by atoms with Crippen LogP contribution in [0.25, 0.3) is 81.0 Å². The molecule has 9 aromatic rings. The Morgan fingerprint density at radius 2 is 1.27 bits per heavy atom. The number of benzene rings is 6. The van der Waals surface area contributed by atoms with Crippen molar-refractivity contribution in [2.24, 2.45) is 0 Å². The first-order valence-electron chi connectivity index (χ1n) is 13.6. The molecule has 0 saturated carbocycles. The first-order valence-corrected chi connectivity index (χ1v) is 14.4.